The molecule has 0 bridgehead atoms. The van der Waals surface area contributed by atoms with Crippen molar-refractivity contribution in [2.24, 2.45) is 5.73 Å². The first-order valence-electron chi connectivity index (χ1n) is 7.53. The van der Waals surface area contributed by atoms with Gasteiger partial charge in [0, 0.05) is 6.92 Å². The monoisotopic (exact) mass is 439 g/mol. The van der Waals surface area contributed by atoms with Crippen molar-refractivity contribution in [2.45, 2.75) is 50.6 Å². The largest absolute Gasteiger partial charge is 0.538 e. The third-order valence-electron chi connectivity index (χ3n) is 3.23. The molecule has 0 aromatic heterocycles. The Hall–Kier alpha value is -0.470. The Bertz CT molecular complexity index is 603. The summed E-state index contributed by atoms with van der Waals surface area (Å²) in [6.07, 6.45) is -6.39. The van der Waals surface area contributed by atoms with Gasteiger partial charge < -0.3 is 39.9 Å². The first kappa shape index (κ1) is 24.6. The first-order chi connectivity index (χ1) is 12.3. The minimum atomic E-state index is -5.17. The van der Waals surface area contributed by atoms with E-state index in [0.717, 1.165) is 6.92 Å². The number of phosphoric acid groups is 2. The average molecular weight is 439 g/mol. The average Bonchev–Trinajstić information content (AvgIpc) is 2.50. The molecule has 1 rings (SSSR count). The van der Waals surface area contributed by atoms with Gasteiger partial charge in [-0.2, -0.15) is 4.31 Å². The smallest absolute Gasteiger partial charge is 0.394 e. The Balaban J connectivity index is 2.63. The van der Waals surface area contributed by atoms with E-state index >= 15 is 0 Å². The van der Waals surface area contributed by atoms with E-state index in [9.17, 15) is 29.0 Å². The van der Waals surface area contributed by atoms with Crippen molar-refractivity contribution in [3.63, 3.8) is 0 Å². The van der Waals surface area contributed by atoms with Crippen molar-refractivity contribution in [3.8, 4) is 0 Å². The SMILES string of the molecule is CC(=O)OP(=O)(O)OP(=O)(O)OCC(C)O[C@@H]1[C@@H](N)[C@@H](O)O[C@H](CO)[C@H]1O. The van der Waals surface area contributed by atoms with Gasteiger partial charge in [0.05, 0.1) is 25.4 Å². The van der Waals surface area contributed by atoms with Crippen molar-refractivity contribution >= 4 is 21.6 Å². The number of hydrogen-bond donors (Lipinski definition) is 6. The fourth-order valence-corrected chi connectivity index (χ4v) is 4.20. The maximum absolute atomic E-state index is 11.7. The summed E-state index contributed by atoms with van der Waals surface area (Å²) in [5.74, 6) is -1.22. The minimum absolute atomic E-state index is 0.628. The molecule has 0 aromatic rings. The van der Waals surface area contributed by atoms with Crippen LogP contribution in [0.15, 0.2) is 0 Å². The van der Waals surface area contributed by atoms with E-state index in [4.69, 9.17) is 25.2 Å². The number of aliphatic hydroxyl groups is 3. The molecule has 27 heavy (non-hydrogen) atoms. The van der Waals surface area contributed by atoms with Crippen LogP contribution in [0.5, 0.6) is 0 Å². The van der Waals surface area contributed by atoms with Gasteiger partial charge in [-0.25, -0.2) is 9.13 Å². The molecule has 1 heterocycles. The van der Waals surface area contributed by atoms with Gasteiger partial charge in [-0.15, -0.1) is 0 Å². The summed E-state index contributed by atoms with van der Waals surface area (Å²) in [4.78, 5) is 29.2. The summed E-state index contributed by atoms with van der Waals surface area (Å²) >= 11 is 0. The van der Waals surface area contributed by atoms with Crippen LogP contribution in [-0.4, -0.2) is 81.0 Å². The van der Waals surface area contributed by atoms with Crippen molar-refractivity contribution < 1.29 is 61.9 Å². The van der Waals surface area contributed by atoms with Crippen molar-refractivity contribution in [1.29, 1.82) is 0 Å². The Kier molecular flexibility index (Phi) is 8.95. The molecule has 0 radical (unpaired) electrons. The summed E-state index contributed by atoms with van der Waals surface area (Å²) in [5.41, 5.74) is 5.66. The maximum atomic E-state index is 11.7. The molecule has 1 aliphatic rings. The fraction of sp³-hybridized carbons (Fsp3) is 0.909. The molecule has 0 amide bonds. The molecule has 1 saturated heterocycles. The fourth-order valence-electron chi connectivity index (χ4n) is 2.11. The lowest BCUT2D eigenvalue weighted by Crippen LogP contribution is -2.63. The van der Waals surface area contributed by atoms with Gasteiger partial charge in [0.1, 0.15) is 18.3 Å². The predicted molar refractivity (Wildman–Crippen MR) is 84.7 cm³/mol. The molecule has 16 heteroatoms. The van der Waals surface area contributed by atoms with Crippen LogP contribution in [0, 0.1) is 0 Å². The second kappa shape index (κ2) is 9.83. The normalized spacial score (nSPS) is 34.3. The first-order valence-corrected chi connectivity index (χ1v) is 10.5. The van der Waals surface area contributed by atoms with Crippen molar-refractivity contribution in [2.75, 3.05) is 13.2 Å². The lowest BCUT2D eigenvalue weighted by atomic mass is 9.97. The highest BCUT2D eigenvalue weighted by Gasteiger charge is 2.44. The van der Waals surface area contributed by atoms with Gasteiger partial charge in [0.25, 0.3) is 0 Å². The quantitative estimate of drug-likeness (QED) is 0.213. The van der Waals surface area contributed by atoms with Crippen LogP contribution in [0.2, 0.25) is 0 Å². The number of hydrogen-bond acceptors (Lipinski definition) is 12. The van der Waals surface area contributed by atoms with Crippen LogP contribution < -0.4 is 5.73 Å². The molecular weight excluding hydrogens is 416 g/mol. The molecule has 0 saturated carbocycles. The molecule has 0 spiro atoms. The van der Waals surface area contributed by atoms with Crippen LogP contribution in [0.1, 0.15) is 13.8 Å². The van der Waals surface area contributed by atoms with Gasteiger partial charge in [0.15, 0.2) is 6.29 Å². The van der Waals surface area contributed by atoms with Crippen molar-refractivity contribution in [1.82, 2.24) is 0 Å². The van der Waals surface area contributed by atoms with Crippen LogP contribution in [-0.2, 0) is 36.8 Å². The van der Waals surface area contributed by atoms with Gasteiger partial charge >= 0.3 is 21.6 Å². The second-order valence-electron chi connectivity index (χ2n) is 5.62. The second-order valence-corrected chi connectivity index (χ2v) is 8.59. The Labute approximate surface area is 154 Å². The number of nitrogens with two attached hydrogens (primary N) is 1. The molecule has 1 fully saturated rings. The summed E-state index contributed by atoms with van der Waals surface area (Å²) in [5, 5.41) is 28.8. The molecule has 0 aliphatic carbocycles. The molecular formula is C11H23NO13P2. The number of aliphatic hydroxyl groups excluding tert-OH is 3. The molecule has 1 aliphatic heterocycles. The van der Waals surface area contributed by atoms with E-state index < -0.39 is 71.6 Å². The Morgan fingerprint density at radius 3 is 2.37 bits per heavy atom. The third kappa shape index (κ3) is 7.81. The lowest BCUT2D eigenvalue weighted by Gasteiger charge is -2.41. The van der Waals surface area contributed by atoms with Crippen LogP contribution >= 0.6 is 15.6 Å². The highest BCUT2D eigenvalue weighted by Crippen LogP contribution is 2.60. The zero-order valence-corrected chi connectivity index (χ0v) is 16.1. The van der Waals surface area contributed by atoms with Gasteiger partial charge in [-0.05, 0) is 6.92 Å². The molecule has 0 aromatic carbocycles. The van der Waals surface area contributed by atoms with Gasteiger partial charge in [-0.1, -0.05) is 0 Å². The molecule has 3 unspecified atom stereocenters. The highest BCUT2D eigenvalue weighted by molar-refractivity contribution is 7.61. The molecule has 8 atom stereocenters. The summed E-state index contributed by atoms with van der Waals surface area (Å²) < 4.78 is 45.5. The zero-order chi connectivity index (χ0) is 21.0. The van der Waals surface area contributed by atoms with Crippen LogP contribution in [0.3, 0.4) is 0 Å². The van der Waals surface area contributed by atoms with Crippen LogP contribution in [0.4, 0.5) is 0 Å². The minimum Gasteiger partial charge on any atom is -0.394 e. The predicted octanol–water partition coefficient (Wildman–Crippen LogP) is -2.05. The Morgan fingerprint density at radius 1 is 1.26 bits per heavy atom. The van der Waals surface area contributed by atoms with Crippen LogP contribution in [0.25, 0.3) is 0 Å². The van der Waals surface area contributed by atoms with E-state index in [-0.39, 0.29) is 0 Å². The Morgan fingerprint density at radius 2 is 1.85 bits per heavy atom. The number of rotatable bonds is 9. The highest BCUT2D eigenvalue weighted by atomic mass is 31.3. The number of ether oxygens (including phenoxy) is 2. The number of carbonyl (C=O) groups is 1. The lowest BCUT2D eigenvalue weighted by molar-refractivity contribution is -0.263. The van der Waals surface area contributed by atoms with Crippen molar-refractivity contribution in [3.05, 3.63) is 0 Å². The van der Waals surface area contributed by atoms with E-state index in [0.29, 0.717) is 0 Å². The zero-order valence-electron chi connectivity index (χ0n) is 14.4. The number of phosphoric ester groups is 2. The van der Waals surface area contributed by atoms with E-state index in [2.05, 4.69) is 13.4 Å². The van der Waals surface area contributed by atoms with E-state index in [1.807, 2.05) is 0 Å². The summed E-state index contributed by atoms with van der Waals surface area (Å²) in [6, 6.07) is -1.20. The molecule has 14 nitrogen and oxygen atoms in total. The third-order valence-corrected chi connectivity index (χ3v) is 5.85. The molecule has 7 N–H and O–H groups in total. The molecule has 160 valence electrons. The standard InChI is InChI=1S/C11H23NO13P2/c1-5(4-21-26(17,18)25-27(19,20)24-6(2)14)22-10-8(12)11(16)23-7(3-13)9(10)15/h5,7-11,13,15-16H,3-4,12H2,1-2H3,(H,17,18)(H,19,20)/t5?,7-,8-,9-,10-,11+/m1/s1. The van der Waals surface area contributed by atoms with Gasteiger partial charge in [0.2, 0.25) is 0 Å². The maximum Gasteiger partial charge on any atom is 0.538 e. The number of carbonyl (C=O) groups excluding carboxylic acids is 1. The van der Waals surface area contributed by atoms with E-state index in [1.165, 1.54) is 6.92 Å². The summed E-state index contributed by atoms with van der Waals surface area (Å²) in [6.45, 7) is 0.809. The summed E-state index contributed by atoms with van der Waals surface area (Å²) in [7, 11) is -10.3. The topological polar surface area (TPSA) is 225 Å². The van der Waals surface area contributed by atoms with Gasteiger partial charge in [-0.3, -0.25) is 14.2 Å². The van der Waals surface area contributed by atoms with E-state index in [1.54, 1.807) is 0 Å².